The number of nitrogens with zero attached hydrogens (tertiary/aromatic N) is 2. The molecule has 4 aromatic rings. The van der Waals surface area contributed by atoms with E-state index in [9.17, 15) is 14.0 Å². The molecule has 0 fully saturated rings. The smallest absolute Gasteiger partial charge is 0.271 e. The van der Waals surface area contributed by atoms with Crippen LogP contribution in [0.1, 0.15) is 37.5 Å². The first-order valence-corrected chi connectivity index (χ1v) is 10.2. The normalized spacial score (nSPS) is 12.4. The van der Waals surface area contributed by atoms with E-state index in [-0.39, 0.29) is 12.6 Å². The topological polar surface area (TPSA) is 81.4 Å². The van der Waals surface area contributed by atoms with Crippen molar-refractivity contribution in [2.45, 2.75) is 6.92 Å². The highest BCUT2D eigenvalue weighted by Crippen LogP contribution is 2.32. The van der Waals surface area contributed by atoms with Crippen LogP contribution in [0.2, 0.25) is 0 Å². The molecule has 0 radical (unpaired) electrons. The number of aromatic nitrogens is 1. The van der Waals surface area contributed by atoms with Gasteiger partial charge in [-0.05, 0) is 67.1 Å². The molecule has 164 valence electrons. The van der Waals surface area contributed by atoms with Crippen molar-refractivity contribution in [1.29, 1.82) is 0 Å². The van der Waals surface area contributed by atoms with E-state index in [0.717, 1.165) is 5.52 Å². The summed E-state index contributed by atoms with van der Waals surface area (Å²) in [7, 11) is 0. The van der Waals surface area contributed by atoms with Crippen LogP contribution in [0.15, 0.2) is 72.0 Å². The number of benzene rings is 2. The molecule has 0 atom stereocenters. The average molecular weight is 443 g/mol. The van der Waals surface area contributed by atoms with Gasteiger partial charge in [-0.15, -0.1) is 0 Å². The van der Waals surface area contributed by atoms with Crippen molar-refractivity contribution < 1.29 is 23.5 Å². The van der Waals surface area contributed by atoms with Crippen LogP contribution in [0.5, 0.6) is 11.5 Å². The number of halogens is 1. The summed E-state index contributed by atoms with van der Waals surface area (Å²) in [5.41, 5.74) is 5.83. The Morgan fingerprint density at radius 3 is 2.61 bits per heavy atom. The van der Waals surface area contributed by atoms with Crippen LogP contribution in [0.4, 0.5) is 4.39 Å². The van der Waals surface area contributed by atoms with E-state index in [0.29, 0.717) is 39.4 Å². The van der Waals surface area contributed by atoms with Gasteiger partial charge in [-0.2, -0.15) is 5.10 Å². The van der Waals surface area contributed by atoms with E-state index in [1.54, 1.807) is 28.8 Å². The van der Waals surface area contributed by atoms with Crippen LogP contribution in [0, 0.1) is 12.7 Å². The van der Waals surface area contributed by atoms with Gasteiger partial charge in [0, 0.05) is 22.9 Å². The Morgan fingerprint density at radius 1 is 1.03 bits per heavy atom. The number of ether oxygens (including phenoxy) is 2. The van der Waals surface area contributed by atoms with E-state index in [4.69, 9.17) is 9.47 Å². The van der Waals surface area contributed by atoms with Gasteiger partial charge in [0.2, 0.25) is 12.6 Å². The monoisotopic (exact) mass is 443 g/mol. The Hall–Kier alpha value is -4.46. The number of hydrogen-bond donors (Lipinski definition) is 1. The minimum Gasteiger partial charge on any atom is -0.454 e. The first-order valence-electron chi connectivity index (χ1n) is 10.2. The highest BCUT2D eigenvalue weighted by atomic mass is 19.1. The van der Waals surface area contributed by atoms with E-state index < -0.39 is 11.7 Å². The summed E-state index contributed by atoms with van der Waals surface area (Å²) in [6, 6.07) is 15.8. The van der Waals surface area contributed by atoms with Crippen molar-refractivity contribution in [1.82, 2.24) is 9.83 Å². The number of hydrogen-bond acceptors (Lipinski definition) is 5. The van der Waals surface area contributed by atoms with Crippen molar-refractivity contribution in [3.63, 3.8) is 0 Å². The molecule has 8 heteroatoms. The highest BCUT2D eigenvalue weighted by molar-refractivity contribution is 6.12. The van der Waals surface area contributed by atoms with E-state index in [1.807, 2.05) is 25.1 Å². The third-order valence-corrected chi connectivity index (χ3v) is 5.45. The molecule has 0 spiro atoms. The number of amides is 1. The summed E-state index contributed by atoms with van der Waals surface area (Å²) in [5.74, 6) is 0.0366. The first-order chi connectivity index (χ1) is 16.0. The fraction of sp³-hybridized carbons (Fsp3) is 0.0800. The summed E-state index contributed by atoms with van der Waals surface area (Å²) in [5, 5.41) is 4.11. The van der Waals surface area contributed by atoms with Crippen molar-refractivity contribution in [3.05, 3.63) is 101 Å². The van der Waals surface area contributed by atoms with Crippen LogP contribution in [-0.4, -0.2) is 29.1 Å². The van der Waals surface area contributed by atoms with Gasteiger partial charge in [0.25, 0.3) is 5.91 Å². The number of ketones is 1. The van der Waals surface area contributed by atoms with Gasteiger partial charge >= 0.3 is 0 Å². The van der Waals surface area contributed by atoms with E-state index in [2.05, 4.69) is 10.5 Å². The van der Waals surface area contributed by atoms with Crippen LogP contribution in [-0.2, 0) is 0 Å². The molecule has 5 rings (SSSR count). The Kier molecular flexibility index (Phi) is 5.10. The summed E-state index contributed by atoms with van der Waals surface area (Å²) >= 11 is 0. The number of carbonyl (C=O) groups excluding carboxylic acids is 2. The molecule has 0 saturated carbocycles. The Labute approximate surface area is 188 Å². The van der Waals surface area contributed by atoms with Gasteiger partial charge in [0.05, 0.1) is 17.4 Å². The third-order valence-electron chi connectivity index (χ3n) is 5.45. The lowest BCUT2D eigenvalue weighted by atomic mass is 10.0. The molecule has 2 aromatic heterocycles. The number of nitrogens with one attached hydrogen (secondary N) is 1. The molecular weight excluding hydrogens is 425 g/mol. The third kappa shape index (κ3) is 3.71. The van der Waals surface area contributed by atoms with Gasteiger partial charge in [0.15, 0.2) is 11.5 Å². The van der Waals surface area contributed by atoms with Gasteiger partial charge in [0.1, 0.15) is 5.82 Å². The SMILES string of the molecule is Cc1c(/C=N\NC(=O)c2ccc3c(c2)OCO3)c2ccccn2c1C(=O)c1ccc(F)cc1. The second kappa shape index (κ2) is 8.23. The van der Waals surface area contributed by atoms with Crippen LogP contribution in [0.3, 0.4) is 0 Å². The summed E-state index contributed by atoms with van der Waals surface area (Å²) in [6.45, 7) is 1.93. The second-order valence-corrected chi connectivity index (χ2v) is 7.45. The number of fused-ring (bicyclic) bond motifs is 2. The average Bonchev–Trinajstić information content (AvgIpc) is 3.41. The van der Waals surface area contributed by atoms with Gasteiger partial charge < -0.3 is 13.9 Å². The Bertz CT molecular complexity index is 1420. The molecule has 3 heterocycles. The van der Waals surface area contributed by atoms with E-state index >= 15 is 0 Å². The first kappa shape index (κ1) is 20.4. The maximum absolute atomic E-state index is 13.3. The predicted molar refractivity (Wildman–Crippen MR) is 120 cm³/mol. The van der Waals surface area contributed by atoms with Crippen LogP contribution < -0.4 is 14.9 Å². The zero-order valence-electron chi connectivity index (χ0n) is 17.5. The largest absolute Gasteiger partial charge is 0.454 e. The standard InChI is InChI=1S/C25H18FN3O4/c1-15-19(13-27-28-25(31)17-7-10-21-22(12-17)33-14-32-21)20-4-2-3-11-29(20)23(15)24(30)16-5-8-18(26)9-6-16/h2-13H,14H2,1H3,(H,28,31)/b27-13-. The number of carbonyl (C=O) groups is 2. The molecule has 0 saturated heterocycles. The quantitative estimate of drug-likeness (QED) is 0.286. The molecule has 1 aliphatic heterocycles. The lowest BCUT2D eigenvalue weighted by Crippen LogP contribution is -2.17. The summed E-state index contributed by atoms with van der Waals surface area (Å²) < 4.78 is 25.6. The molecule has 0 aliphatic carbocycles. The zero-order chi connectivity index (χ0) is 22.9. The van der Waals surface area contributed by atoms with Gasteiger partial charge in [-0.25, -0.2) is 9.82 Å². The molecule has 1 N–H and O–H groups in total. The minimum absolute atomic E-state index is 0.124. The molecule has 1 aliphatic rings. The summed E-state index contributed by atoms with van der Waals surface area (Å²) in [6.07, 6.45) is 3.29. The molecule has 0 unspecified atom stereocenters. The predicted octanol–water partition coefficient (Wildman–Crippen LogP) is 4.11. The maximum Gasteiger partial charge on any atom is 0.271 e. The van der Waals surface area contributed by atoms with Crippen molar-refractivity contribution in [3.8, 4) is 11.5 Å². The lowest BCUT2D eigenvalue weighted by molar-refractivity contribution is 0.0954. The molecule has 7 nitrogen and oxygen atoms in total. The maximum atomic E-state index is 13.3. The summed E-state index contributed by atoms with van der Waals surface area (Å²) in [4.78, 5) is 25.7. The Morgan fingerprint density at radius 2 is 1.79 bits per heavy atom. The number of rotatable bonds is 5. The van der Waals surface area contributed by atoms with Crippen LogP contribution >= 0.6 is 0 Å². The van der Waals surface area contributed by atoms with E-state index in [1.165, 1.54) is 30.5 Å². The van der Waals surface area contributed by atoms with Crippen molar-refractivity contribution >= 4 is 23.4 Å². The number of pyridine rings is 1. The second-order valence-electron chi connectivity index (χ2n) is 7.45. The van der Waals surface area contributed by atoms with Gasteiger partial charge in [-0.1, -0.05) is 6.07 Å². The zero-order valence-corrected chi connectivity index (χ0v) is 17.5. The minimum atomic E-state index is -0.409. The molecule has 2 aromatic carbocycles. The fourth-order valence-corrected chi connectivity index (χ4v) is 3.80. The molecule has 0 bridgehead atoms. The molecule has 1 amide bonds. The lowest BCUT2D eigenvalue weighted by Gasteiger charge is -2.04. The van der Waals surface area contributed by atoms with Crippen molar-refractivity contribution in [2.24, 2.45) is 5.10 Å². The highest BCUT2D eigenvalue weighted by Gasteiger charge is 2.21. The molecule has 33 heavy (non-hydrogen) atoms. The fourth-order valence-electron chi connectivity index (χ4n) is 3.80. The number of hydrazone groups is 1. The van der Waals surface area contributed by atoms with Crippen molar-refractivity contribution in [2.75, 3.05) is 6.79 Å². The van der Waals surface area contributed by atoms with Crippen LogP contribution in [0.25, 0.3) is 5.52 Å². The molecular formula is C25H18FN3O4. The Balaban J connectivity index is 1.44. The van der Waals surface area contributed by atoms with Gasteiger partial charge in [-0.3, -0.25) is 9.59 Å².